The van der Waals surface area contributed by atoms with Gasteiger partial charge in [-0.1, -0.05) is 43.3 Å². The lowest BCUT2D eigenvalue weighted by atomic mass is 10.1. The SMILES string of the molecule is CCc1cccc(C)c1NC(=O)/C=C/c1csc(N(C(C)=O)c2ccccc2)n1. The minimum Gasteiger partial charge on any atom is -0.322 e. The van der Waals surface area contributed by atoms with Crippen LogP contribution in [-0.4, -0.2) is 16.8 Å². The second kappa shape index (κ2) is 9.30. The van der Waals surface area contributed by atoms with Gasteiger partial charge in [0, 0.05) is 24.1 Å². The van der Waals surface area contributed by atoms with Gasteiger partial charge in [0.1, 0.15) is 0 Å². The molecule has 0 aliphatic carbocycles. The molecule has 0 aliphatic heterocycles. The predicted molar refractivity (Wildman–Crippen MR) is 120 cm³/mol. The van der Waals surface area contributed by atoms with Crippen molar-refractivity contribution < 1.29 is 9.59 Å². The van der Waals surface area contributed by atoms with Crippen molar-refractivity contribution in [2.45, 2.75) is 27.2 Å². The number of aryl methyl sites for hydroxylation is 2. The number of thiazole rings is 1. The van der Waals surface area contributed by atoms with Gasteiger partial charge >= 0.3 is 0 Å². The fourth-order valence-electron chi connectivity index (χ4n) is 2.99. The molecule has 0 bridgehead atoms. The summed E-state index contributed by atoms with van der Waals surface area (Å²) < 4.78 is 0. The van der Waals surface area contributed by atoms with E-state index in [2.05, 4.69) is 17.2 Å². The number of hydrogen-bond donors (Lipinski definition) is 1. The maximum atomic E-state index is 12.4. The number of hydrogen-bond acceptors (Lipinski definition) is 4. The summed E-state index contributed by atoms with van der Waals surface area (Å²) in [5.74, 6) is -0.333. The molecule has 2 amide bonds. The first-order valence-electron chi connectivity index (χ1n) is 9.38. The minimum absolute atomic E-state index is 0.120. The molecule has 1 heterocycles. The first-order valence-corrected chi connectivity index (χ1v) is 10.3. The van der Waals surface area contributed by atoms with E-state index in [9.17, 15) is 9.59 Å². The zero-order valence-electron chi connectivity index (χ0n) is 16.7. The van der Waals surface area contributed by atoms with Crippen LogP contribution in [-0.2, 0) is 16.0 Å². The molecule has 3 aromatic rings. The topological polar surface area (TPSA) is 62.3 Å². The third kappa shape index (κ3) is 4.97. The van der Waals surface area contributed by atoms with Crippen molar-refractivity contribution in [2.75, 3.05) is 10.2 Å². The number of carbonyl (C=O) groups excluding carboxylic acids is 2. The van der Waals surface area contributed by atoms with Gasteiger partial charge in [0.2, 0.25) is 11.8 Å². The Hall–Kier alpha value is -3.25. The van der Waals surface area contributed by atoms with Crippen LogP contribution in [0.1, 0.15) is 30.7 Å². The van der Waals surface area contributed by atoms with Gasteiger partial charge < -0.3 is 5.32 Å². The zero-order valence-corrected chi connectivity index (χ0v) is 17.5. The van der Waals surface area contributed by atoms with Crippen molar-refractivity contribution in [1.29, 1.82) is 0 Å². The first kappa shape index (κ1) is 20.5. The Morgan fingerprint density at radius 1 is 1.14 bits per heavy atom. The Balaban J connectivity index is 1.75. The van der Waals surface area contributed by atoms with Gasteiger partial charge in [0.05, 0.1) is 11.4 Å². The van der Waals surface area contributed by atoms with Crippen LogP contribution in [0, 0.1) is 6.92 Å². The van der Waals surface area contributed by atoms with Gasteiger partial charge in [-0.15, -0.1) is 11.3 Å². The van der Waals surface area contributed by atoms with Crippen LogP contribution in [0.4, 0.5) is 16.5 Å². The number of aromatic nitrogens is 1. The molecule has 0 aliphatic rings. The Morgan fingerprint density at radius 3 is 2.59 bits per heavy atom. The average Bonchev–Trinajstić information content (AvgIpc) is 3.17. The largest absolute Gasteiger partial charge is 0.322 e. The highest BCUT2D eigenvalue weighted by Crippen LogP contribution is 2.29. The molecule has 2 aromatic carbocycles. The van der Waals surface area contributed by atoms with Gasteiger partial charge in [0.15, 0.2) is 5.13 Å². The van der Waals surface area contributed by atoms with Gasteiger partial charge in [-0.25, -0.2) is 4.98 Å². The smallest absolute Gasteiger partial charge is 0.248 e. The lowest BCUT2D eigenvalue weighted by Crippen LogP contribution is -2.22. The van der Waals surface area contributed by atoms with E-state index in [1.54, 1.807) is 11.0 Å². The molecule has 148 valence electrons. The number of carbonyl (C=O) groups is 2. The molecule has 0 saturated carbocycles. The zero-order chi connectivity index (χ0) is 20.8. The number of amides is 2. The van der Waals surface area contributed by atoms with Crippen LogP contribution in [0.2, 0.25) is 0 Å². The quantitative estimate of drug-likeness (QED) is 0.562. The molecule has 0 unspecified atom stereocenters. The van der Waals surface area contributed by atoms with Crippen LogP contribution in [0.15, 0.2) is 60.0 Å². The standard InChI is InChI=1S/C23H23N3O2S/c1-4-18-10-8-9-16(2)22(18)25-21(28)14-13-19-15-29-23(24-19)26(17(3)27)20-11-6-5-7-12-20/h5-15H,4H2,1-3H3,(H,25,28)/b14-13+. The van der Waals surface area contributed by atoms with E-state index >= 15 is 0 Å². The molecule has 5 nitrogen and oxygen atoms in total. The fraction of sp³-hybridized carbons (Fsp3) is 0.174. The normalized spacial score (nSPS) is 10.9. The maximum Gasteiger partial charge on any atom is 0.248 e. The molecule has 1 N–H and O–H groups in total. The highest BCUT2D eigenvalue weighted by Gasteiger charge is 2.17. The molecular formula is C23H23N3O2S. The van der Waals surface area contributed by atoms with E-state index in [1.165, 1.54) is 24.3 Å². The molecule has 0 spiro atoms. The Bertz CT molecular complexity index is 1040. The first-order chi connectivity index (χ1) is 14.0. The molecule has 1 aromatic heterocycles. The van der Waals surface area contributed by atoms with E-state index in [1.807, 2.05) is 60.8 Å². The fourth-order valence-corrected chi connectivity index (χ4v) is 3.84. The van der Waals surface area contributed by atoms with Crippen molar-refractivity contribution >= 4 is 45.7 Å². The van der Waals surface area contributed by atoms with Crippen LogP contribution in [0.5, 0.6) is 0 Å². The lowest BCUT2D eigenvalue weighted by molar-refractivity contribution is -0.116. The predicted octanol–water partition coefficient (Wildman–Crippen LogP) is 5.35. The summed E-state index contributed by atoms with van der Waals surface area (Å²) >= 11 is 1.36. The van der Waals surface area contributed by atoms with Crippen LogP contribution >= 0.6 is 11.3 Å². The molecule has 3 rings (SSSR count). The van der Waals surface area contributed by atoms with Gasteiger partial charge in [-0.05, 0) is 42.7 Å². The van der Waals surface area contributed by atoms with Crippen molar-refractivity contribution in [1.82, 2.24) is 4.98 Å². The number of para-hydroxylation sites is 2. The Kier molecular flexibility index (Phi) is 6.57. The average molecular weight is 406 g/mol. The molecular weight excluding hydrogens is 382 g/mol. The van der Waals surface area contributed by atoms with Crippen LogP contribution < -0.4 is 10.2 Å². The monoisotopic (exact) mass is 405 g/mol. The van der Waals surface area contributed by atoms with E-state index in [4.69, 9.17) is 0 Å². The summed E-state index contributed by atoms with van der Waals surface area (Å²) in [4.78, 5) is 30.6. The van der Waals surface area contributed by atoms with Gasteiger partial charge in [-0.2, -0.15) is 0 Å². The third-order valence-electron chi connectivity index (χ3n) is 4.42. The molecule has 0 saturated heterocycles. The summed E-state index contributed by atoms with van der Waals surface area (Å²) in [6.45, 7) is 5.54. The van der Waals surface area contributed by atoms with Crippen molar-refractivity contribution in [2.24, 2.45) is 0 Å². The molecule has 29 heavy (non-hydrogen) atoms. The summed E-state index contributed by atoms with van der Waals surface area (Å²) in [6, 6.07) is 15.3. The number of benzene rings is 2. The van der Waals surface area contributed by atoms with Crippen molar-refractivity contribution in [3.63, 3.8) is 0 Å². The summed E-state index contributed by atoms with van der Waals surface area (Å²) in [5.41, 5.74) is 4.37. The molecule has 0 fully saturated rings. The van der Waals surface area contributed by atoms with Crippen molar-refractivity contribution in [3.05, 3.63) is 76.8 Å². The molecule has 0 radical (unpaired) electrons. The highest BCUT2D eigenvalue weighted by atomic mass is 32.1. The third-order valence-corrected chi connectivity index (χ3v) is 5.27. The Labute approximate surface area is 174 Å². The highest BCUT2D eigenvalue weighted by molar-refractivity contribution is 7.14. The van der Waals surface area contributed by atoms with E-state index in [0.29, 0.717) is 10.8 Å². The number of nitrogens with zero attached hydrogens (tertiary/aromatic N) is 2. The van der Waals surface area contributed by atoms with E-state index in [-0.39, 0.29) is 11.8 Å². The summed E-state index contributed by atoms with van der Waals surface area (Å²) in [5, 5.41) is 5.35. The van der Waals surface area contributed by atoms with E-state index < -0.39 is 0 Å². The van der Waals surface area contributed by atoms with Gasteiger partial charge in [0.25, 0.3) is 0 Å². The van der Waals surface area contributed by atoms with E-state index in [0.717, 1.165) is 28.9 Å². The number of rotatable bonds is 6. The van der Waals surface area contributed by atoms with Gasteiger partial charge in [-0.3, -0.25) is 14.5 Å². The van der Waals surface area contributed by atoms with Crippen LogP contribution in [0.3, 0.4) is 0 Å². The number of anilines is 3. The summed E-state index contributed by atoms with van der Waals surface area (Å²) in [7, 11) is 0. The minimum atomic E-state index is -0.213. The summed E-state index contributed by atoms with van der Waals surface area (Å²) in [6.07, 6.45) is 3.96. The maximum absolute atomic E-state index is 12.4. The lowest BCUT2D eigenvalue weighted by Gasteiger charge is -2.17. The second-order valence-electron chi connectivity index (χ2n) is 6.53. The molecule has 6 heteroatoms. The second-order valence-corrected chi connectivity index (χ2v) is 7.37. The Morgan fingerprint density at radius 2 is 1.90 bits per heavy atom. The number of nitrogens with one attached hydrogen (secondary N) is 1. The molecule has 0 atom stereocenters. The van der Waals surface area contributed by atoms with Crippen molar-refractivity contribution in [3.8, 4) is 0 Å². The van der Waals surface area contributed by atoms with Crippen LogP contribution in [0.25, 0.3) is 6.08 Å².